The Kier molecular flexibility index (Phi) is 6.82. The summed E-state index contributed by atoms with van der Waals surface area (Å²) < 4.78 is 5.86. The highest BCUT2D eigenvalue weighted by molar-refractivity contribution is 7.11. The molecule has 0 aliphatic heterocycles. The Morgan fingerprint density at radius 2 is 1.76 bits per heavy atom. The number of ether oxygens (including phenoxy) is 1. The Labute approximate surface area is 134 Å². The van der Waals surface area contributed by atoms with Crippen molar-refractivity contribution < 1.29 is 4.74 Å². The second-order valence-corrected chi connectivity index (χ2v) is 7.71. The fourth-order valence-corrected chi connectivity index (χ4v) is 4.11. The highest BCUT2D eigenvalue weighted by atomic mass is 32.1. The van der Waals surface area contributed by atoms with Crippen LogP contribution in [0.5, 0.6) is 0 Å². The van der Waals surface area contributed by atoms with E-state index in [0.717, 1.165) is 37.4 Å². The Balaban J connectivity index is 3.18. The lowest BCUT2D eigenvalue weighted by Gasteiger charge is -2.27. The van der Waals surface area contributed by atoms with Crippen LogP contribution in [0.2, 0.25) is 0 Å². The lowest BCUT2D eigenvalue weighted by Crippen LogP contribution is -2.27. The summed E-state index contributed by atoms with van der Waals surface area (Å²) in [5.74, 6) is 0. The molecule has 21 heavy (non-hydrogen) atoms. The molecule has 0 bridgehead atoms. The molecular formula is C17H32N2OS. The van der Waals surface area contributed by atoms with Gasteiger partial charge in [-0.1, -0.05) is 41.5 Å². The van der Waals surface area contributed by atoms with Gasteiger partial charge in [-0.15, -0.1) is 11.3 Å². The van der Waals surface area contributed by atoms with E-state index in [1.165, 1.54) is 10.6 Å². The number of hydrogen-bond acceptors (Lipinski definition) is 4. The van der Waals surface area contributed by atoms with Crippen molar-refractivity contribution in [3.63, 3.8) is 0 Å². The molecule has 1 rings (SSSR count). The zero-order valence-corrected chi connectivity index (χ0v) is 15.6. The SMILES string of the molecule is CCCNCc1sc(C(CC)(CC)OC)nc1C(C)(C)C. The molecule has 3 nitrogen and oxygen atoms in total. The number of methoxy groups -OCH3 is 1. The third kappa shape index (κ3) is 4.27. The summed E-state index contributed by atoms with van der Waals surface area (Å²) in [4.78, 5) is 6.35. The minimum atomic E-state index is -0.228. The van der Waals surface area contributed by atoms with Gasteiger partial charge in [0, 0.05) is 23.9 Å². The Hall–Kier alpha value is -0.450. The van der Waals surface area contributed by atoms with Crippen LogP contribution in [-0.2, 0) is 22.3 Å². The van der Waals surface area contributed by atoms with Gasteiger partial charge < -0.3 is 10.1 Å². The molecule has 0 radical (unpaired) electrons. The fraction of sp³-hybridized carbons (Fsp3) is 0.824. The summed E-state index contributed by atoms with van der Waals surface area (Å²) in [5.41, 5.74) is 1.06. The van der Waals surface area contributed by atoms with E-state index in [1.807, 2.05) is 11.3 Å². The number of nitrogens with one attached hydrogen (secondary N) is 1. The molecule has 0 aromatic carbocycles. The van der Waals surface area contributed by atoms with Crippen LogP contribution in [0.15, 0.2) is 0 Å². The molecule has 0 amide bonds. The highest BCUT2D eigenvalue weighted by Crippen LogP contribution is 2.39. The number of hydrogen-bond donors (Lipinski definition) is 1. The van der Waals surface area contributed by atoms with Crippen LogP contribution in [0.25, 0.3) is 0 Å². The van der Waals surface area contributed by atoms with Crippen molar-refractivity contribution in [2.75, 3.05) is 13.7 Å². The third-order valence-electron chi connectivity index (χ3n) is 4.04. The summed E-state index contributed by atoms with van der Waals surface area (Å²) in [6.07, 6.45) is 3.07. The van der Waals surface area contributed by atoms with Crippen LogP contribution in [0.4, 0.5) is 0 Å². The predicted molar refractivity (Wildman–Crippen MR) is 92.1 cm³/mol. The first kappa shape index (κ1) is 18.6. The second-order valence-electron chi connectivity index (χ2n) is 6.62. The summed E-state index contributed by atoms with van der Waals surface area (Å²) in [7, 11) is 1.81. The Morgan fingerprint density at radius 1 is 1.14 bits per heavy atom. The minimum Gasteiger partial charge on any atom is -0.371 e. The lowest BCUT2D eigenvalue weighted by atomic mass is 9.91. The van der Waals surface area contributed by atoms with Crippen molar-refractivity contribution in [1.29, 1.82) is 0 Å². The maximum absolute atomic E-state index is 5.86. The Morgan fingerprint density at radius 3 is 2.19 bits per heavy atom. The molecule has 122 valence electrons. The first-order chi connectivity index (χ1) is 9.84. The lowest BCUT2D eigenvalue weighted by molar-refractivity contribution is -0.0220. The summed E-state index contributed by atoms with van der Waals surface area (Å²) >= 11 is 1.82. The second kappa shape index (κ2) is 7.70. The standard InChI is InChI=1S/C17H32N2OS/c1-8-11-18-12-13-14(16(4,5)6)19-15(21-13)17(9-2,10-3)20-7/h18H,8-12H2,1-7H3. The quantitative estimate of drug-likeness (QED) is 0.712. The van der Waals surface area contributed by atoms with Crippen molar-refractivity contribution in [2.45, 2.75) is 78.4 Å². The van der Waals surface area contributed by atoms with E-state index in [2.05, 4.69) is 46.9 Å². The maximum Gasteiger partial charge on any atom is 0.125 e. The van der Waals surface area contributed by atoms with Gasteiger partial charge in [0.15, 0.2) is 0 Å². The van der Waals surface area contributed by atoms with E-state index in [-0.39, 0.29) is 11.0 Å². The first-order valence-electron chi connectivity index (χ1n) is 8.11. The molecule has 0 atom stereocenters. The average Bonchev–Trinajstić information content (AvgIpc) is 2.87. The van der Waals surface area contributed by atoms with Gasteiger partial charge in [-0.05, 0) is 25.8 Å². The van der Waals surface area contributed by atoms with Crippen molar-refractivity contribution in [1.82, 2.24) is 10.3 Å². The van der Waals surface area contributed by atoms with Crippen molar-refractivity contribution in [3.05, 3.63) is 15.6 Å². The number of nitrogens with zero attached hydrogens (tertiary/aromatic N) is 1. The molecule has 1 aromatic heterocycles. The number of thiazole rings is 1. The van der Waals surface area contributed by atoms with Crippen LogP contribution < -0.4 is 5.32 Å². The van der Waals surface area contributed by atoms with Crippen LogP contribution in [0.3, 0.4) is 0 Å². The smallest absolute Gasteiger partial charge is 0.125 e. The normalized spacial score (nSPS) is 12.9. The summed E-state index contributed by atoms with van der Waals surface area (Å²) in [5, 5.41) is 4.64. The molecule has 1 N–H and O–H groups in total. The number of rotatable bonds is 8. The van der Waals surface area contributed by atoms with Crippen molar-refractivity contribution in [3.8, 4) is 0 Å². The van der Waals surface area contributed by atoms with Gasteiger partial charge in [-0.25, -0.2) is 4.98 Å². The van der Waals surface area contributed by atoms with Gasteiger partial charge in [0.05, 0.1) is 5.69 Å². The molecule has 0 unspecified atom stereocenters. The number of aromatic nitrogens is 1. The van der Waals surface area contributed by atoms with E-state index in [0.29, 0.717) is 0 Å². The van der Waals surface area contributed by atoms with Gasteiger partial charge in [0.2, 0.25) is 0 Å². The van der Waals surface area contributed by atoms with Crippen molar-refractivity contribution in [2.24, 2.45) is 0 Å². The van der Waals surface area contributed by atoms with E-state index < -0.39 is 0 Å². The molecule has 4 heteroatoms. The molecule has 0 aliphatic rings. The molecule has 0 saturated heterocycles. The van der Waals surface area contributed by atoms with Gasteiger partial charge in [-0.2, -0.15) is 0 Å². The molecule has 1 heterocycles. The summed E-state index contributed by atoms with van der Waals surface area (Å²) in [6, 6.07) is 0. The van der Waals surface area contributed by atoms with E-state index >= 15 is 0 Å². The highest BCUT2D eigenvalue weighted by Gasteiger charge is 2.34. The van der Waals surface area contributed by atoms with Gasteiger partial charge >= 0.3 is 0 Å². The fourth-order valence-electron chi connectivity index (χ4n) is 2.56. The van der Waals surface area contributed by atoms with E-state index in [4.69, 9.17) is 9.72 Å². The maximum atomic E-state index is 5.86. The van der Waals surface area contributed by atoms with E-state index in [9.17, 15) is 0 Å². The van der Waals surface area contributed by atoms with Gasteiger partial charge in [-0.3, -0.25) is 0 Å². The molecule has 0 saturated carbocycles. The van der Waals surface area contributed by atoms with Gasteiger partial charge in [0.1, 0.15) is 10.6 Å². The molecular weight excluding hydrogens is 280 g/mol. The molecule has 0 aliphatic carbocycles. The van der Waals surface area contributed by atoms with Gasteiger partial charge in [0.25, 0.3) is 0 Å². The van der Waals surface area contributed by atoms with Crippen LogP contribution in [0.1, 0.15) is 76.4 Å². The summed E-state index contributed by atoms with van der Waals surface area (Å²) in [6.45, 7) is 15.2. The first-order valence-corrected chi connectivity index (χ1v) is 8.92. The van der Waals surface area contributed by atoms with Crippen molar-refractivity contribution >= 4 is 11.3 Å². The largest absolute Gasteiger partial charge is 0.371 e. The van der Waals surface area contributed by atoms with Crippen LogP contribution in [0, 0.1) is 0 Å². The zero-order chi connectivity index (χ0) is 16.1. The van der Waals surface area contributed by atoms with Crippen LogP contribution >= 0.6 is 11.3 Å². The van der Waals surface area contributed by atoms with E-state index in [1.54, 1.807) is 7.11 Å². The molecule has 0 spiro atoms. The minimum absolute atomic E-state index is 0.0684. The Bertz CT molecular complexity index is 422. The average molecular weight is 313 g/mol. The topological polar surface area (TPSA) is 34.1 Å². The van der Waals surface area contributed by atoms with Crippen LogP contribution in [-0.4, -0.2) is 18.6 Å². The molecule has 1 aromatic rings. The third-order valence-corrected chi connectivity index (χ3v) is 5.28. The molecule has 0 fully saturated rings. The monoisotopic (exact) mass is 312 g/mol. The predicted octanol–water partition coefficient (Wildman–Crippen LogP) is 4.60. The zero-order valence-electron chi connectivity index (χ0n) is 14.8.